The maximum Gasteiger partial charge on any atom is 0.338 e. The Balaban J connectivity index is 2.09. The molecular formula is C17H20N2O5. The van der Waals surface area contributed by atoms with Crippen molar-refractivity contribution in [1.29, 1.82) is 5.26 Å². The Labute approximate surface area is 140 Å². The smallest absolute Gasteiger partial charge is 0.338 e. The molecule has 2 atom stereocenters. The van der Waals surface area contributed by atoms with Crippen LogP contribution in [0.4, 0.5) is 0 Å². The minimum Gasteiger partial charge on any atom is -0.493 e. The number of methoxy groups -OCH3 is 1. The first kappa shape index (κ1) is 17.6. The van der Waals surface area contributed by atoms with Crippen LogP contribution in [-0.2, 0) is 9.53 Å². The van der Waals surface area contributed by atoms with Gasteiger partial charge in [0.1, 0.15) is 6.10 Å². The van der Waals surface area contributed by atoms with Crippen molar-refractivity contribution in [2.75, 3.05) is 13.7 Å². The van der Waals surface area contributed by atoms with Gasteiger partial charge in [0.15, 0.2) is 18.1 Å². The Bertz CT molecular complexity index is 653. The number of carbonyl (C=O) groups is 2. The lowest BCUT2D eigenvalue weighted by molar-refractivity contribution is -0.119. The second-order valence-corrected chi connectivity index (χ2v) is 5.58. The van der Waals surface area contributed by atoms with Crippen LogP contribution < -0.4 is 15.2 Å². The fraction of sp³-hybridized carbons (Fsp3) is 0.471. The van der Waals surface area contributed by atoms with Gasteiger partial charge in [0, 0.05) is 0 Å². The molecule has 1 aromatic carbocycles. The third kappa shape index (κ3) is 4.38. The highest BCUT2D eigenvalue weighted by atomic mass is 16.5. The molecule has 24 heavy (non-hydrogen) atoms. The van der Waals surface area contributed by atoms with Crippen molar-refractivity contribution in [3.05, 3.63) is 23.8 Å². The lowest BCUT2D eigenvalue weighted by atomic mass is 9.87. The van der Waals surface area contributed by atoms with Gasteiger partial charge >= 0.3 is 5.97 Å². The van der Waals surface area contributed by atoms with E-state index in [0.717, 1.165) is 19.3 Å². The fourth-order valence-corrected chi connectivity index (χ4v) is 2.65. The van der Waals surface area contributed by atoms with Crippen LogP contribution in [-0.4, -0.2) is 31.7 Å². The lowest BCUT2D eigenvalue weighted by Crippen LogP contribution is -2.29. The van der Waals surface area contributed by atoms with Crippen LogP contribution in [0.15, 0.2) is 18.2 Å². The standard InChI is InChI=1S/C17H20N2O5/c1-22-15-8-11(6-7-14(15)23-10-16(19)20)17(21)24-13-5-3-2-4-12(13)9-18/h6-8,12-13H,2-5,10H2,1H3,(H2,19,20)/t12-,13-/m0/s1. The molecule has 1 fully saturated rings. The number of esters is 1. The Morgan fingerprint density at radius 3 is 2.71 bits per heavy atom. The summed E-state index contributed by atoms with van der Waals surface area (Å²) in [5.74, 6) is -0.781. The average molecular weight is 332 g/mol. The van der Waals surface area contributed by atoms with E-state index in [1.165, 1.54) is 25.3 Å². The van der Waals surface area contributed by atoms with E-state index < -0.39 is 11.9 Å². The number of nitriles is 1. The summed E-state index contributed by atoms with van der Waals surface area (Å²) < 4.78 is 15.9. The third-order valence-electron chi connectivity index (χ3n) is 3.90. The molecule has 0 heterocycles. The normalized spacial score (nSPS) is 19.8. The number of benzene rings is 1. The van der Waals surface area contributed by atoms with Crippen molar-refractivity contribution in [2.45, 2.75) is 31.8 Å². The van der Waals surface area contributed by atoms with Gasteiger partial charge in [0.05, 0.1) is 24.7 Å². The Kier molecular flexibility index (Phi) is 6.01. The molecule has 7 nitrogen and oxygen atoms in total. The van der Waals surface area contributed by atoms with Crippen LogP contribution >= 0.6 is 0 Å². The molecule has 0 spiro atoms. The Morgan fingerprint density at radius 1 is 1.29 bits per heavy atom. The van der Waals surface area contributed by atoms with Gasteiger partial charge in [0.25, 0.3) is 5.91 Å². The summed E-state index contributed by atoms with van der Waals surface area (Å²) in [5, 5.41) is 9.15. The number of nitrogens with zero attached hydrogens (tertiary/aromatic N) is 1. The van der Waals surface area contributed by atoms with E-state index in [-0.39, 0.29) is 18.6 Å². The van der Waals surface area contributed by atoms with Crippen molar-refractivity contribution in [1.82, 2.24) is 0 Å². The van der Waals surface area contributed by atoms with Crippen molar-refractivity contribution in [3.8, 4) is 17.6 Å². The van der Waals surface area contributed by atoms with Crippen LogP contribution in [0.1, 0.15) is 36.0 Å². The summed E-state index contributed by atoms with van der Waals surface area (Å²) in [7, 11) is 1.43. The first-order chi connectivity index (χ1) is 11.5. The molecule has 1 aliphatic rings. The fourth-order valence-electron chi connectivity index (χ4n) is 2.65. The number of primary amides is 1. The third-order valence-corrected chi connectivity index (χ3v) is 3.90. The molecule has 0 aromatic heterocycles. The number of ether oxygens (including phenoxy) is 3. The molecule has 0 saturated heterocycles. The summed E-state index contributed by atoms with van der Waals surface area (Å²) in [6.45, 7) is -0.286. The van der Waals surface area contributed by atoms with E-state index in [2.05, 4.69) is 6.07 Å². The summed E-state index contributed by atoms with van der Waals surface area (Å²) in [5.41, 5.74) is 5.33. The van der Waals surface area contributed by atoms with Crippen LogP contribution in [0.25, 0.3) is 0 Å². The molecule has 1 saturated carbocycles. The molecule has 0 unspecified atom stereocenters. The second-order valence-electron chi connectivity index (χ2n) is 5.58. The van der Waals surface area contributed by atoms with Gasteiger partial charge in [-0.1, -0.05) is 6.42 Å². The molecule has 1 amide bonds. The first-order valence-electron chi connectivity index (χ1n) is 7.75. The van der Waals surface area contributed by atoms with Gasteiger partial charge in [-0.05, 0) is 37.5 Å². The summed E-state index contributed by atoms with van der Waals surface area (Å²) in [6, 6.07) is 6.71. The van der Waals surface area contributed by atoms with Crippen molar-refractivity contribution >= 4 is 11.9 Å². The highest BCUT2D eigenvalue weighted by Crippen LogP contribution is 2.30. The molecule has 128 valence electrons. The van der Waals surface area contributed by atoms with Gasteiger partial charge in [-0.3, -0.25) is 4.79 Å². The first-order valence-corrected chi connectivity index (χ1v) is 7.75. The Hall–Kier alpha value is -2.75. The zero-order valence-corrected chi connectivity index (χ0v) is 13.5. The van der Waals surface area contributed by atoms with E-state index in [1.807, 2.05) is 0 Å². The van der Waals surface area contributed by atoms with Crippen LogP contribution in [0.3, 0.4) is 0 Å². The van der Waals surface area contributed by atoms with E-state index in [9.17, 15) is 9.59 Å². The Morgan fingerprint density at radius 2 is 2.04 bits per heavy atom. The SMILES string of the molecule is COc1cc(C(=O)O[C@H]2CCCC[C@H]2C#N)ccc1OCC(N)=O. The molecule has 1 aromatic rings. The zero-order chi connectivity index (χ0) is 17.5. The maximum absolute atomic E-state index is 12.3. The van der Waals surface area contributed by atoms with Gasteiger partial charge in [-0.2, -0.15) is 5.26 Å². The number of hydrogen-bond donors (Lipinski definition) is 1. The highest BCUT2D eigenvalue weighted by Gasteiger charge is 2.28. The summed E-state index contributed by atoms with van der Waals surface area (Å²) in [6.07, 6.45) is 2.98. The average Bonchev–Trinajstić information content (AvgIpc) is 2.60. The minimum atomic E-state index is -0.611. The second kappa shape index (κ2) is 8.20. The highest BCUT2D eigenvalue weighted by molar-refractivity contribution is 5.90. The number of amides is 1. The number of hydrogen-bond acceptors (Lipinski definition) is 6. The zero-order valence-electron chi connectivity index (χ0n) is 13.5. The lowest BCUT2D eigenvalue weighted by Gasteiger charge is -2.26. The molecule has 1 aliphatic carbocycles. The molecule has 0 bridgehead atoms. The minimum absolute atomic E-state index is 0.261. The molecule has 0 radical (unpaired) electrons. The monoisotopic (exact) mass is 332 g/mol. The summed E-state index contributed by atoms with van der Waals surface area (Å²) >= 11 is 0. The number of rotatable bonds is 6. The van der Waals surface area contributed by atoms with Crippen LogP contribution in [0.5, 0.6) is 11.5 Å². The van der Waals surface area contributed by atoms with Gasteiger partial charge in [-0.25, -0.2) is 4.79 Å². The predicted molar refractivity (Wildman–Crippen MR) is 84.5 cm³/mol. The molecule has 7 heteroatoms. The van der Waals surface area contributed by atoms with Crippen molar-refractivity contribution in [3.63, 3.8) is 0 Å². The van der Waals surface area contributed by atoms with Gasteiger partial charge in [0.2, 0.25) is 0 Å². The topological polar surface area (TPSA) is 112 Å². The number of carbonyl (C=O) groups excluding carboxylic acids is 2. The van der Waals surface area contributed by atoms with Crippen LogP contribution in [0.2, 0.25) is 0 Å². The van der Waals surface area contributed by atoms with E-state index in [1.54, 1.807) is 0 Å². The maximum atomic E-state index is 12.3. The molecule has 2 rings (SSSR count). The predicted octanol–water partition coefficient (Wildman–Crippen LogP) is 1.80. The molecule has 0 aliphatic heterocycles. The van der Waals surface area contributed by atoms with Gasteiger partial charge in [-0.15, -0.1) is 0 Å². The van der Waals surface area contributed by atoms with E-state index in [0.29, 0.717) is 23.5 Å². The summed E-state index contributed by atoms with van der Waals surface area (Å²) in [4.78, 5) is 23.1. The van der Waals surface area contributed by atoms with Crippen molar-refractivity contribution in [2.24, 2.45) is 11.7 Å². The van der Waals surface area contributed by atoms with E-state index in [4.69, 9.17) is 25.2 Å². The van der Waals surface area contributed by atoms with Gasteiger partial charge < -0.3 is 19.9 Å². The van der Waals surface area contributed by atoms with Crippen molar-refractivity contribution < 1.29 is 23.8 Å². The molecular weight excluding hydrogens is 312 g/mol. The number of nitrogens with two attached hydrogens (primary N) is 1. The molecule has 2 N–H and O–H groups in total. The quantitative estimate of drug-likeness (QED) is 0.795. The largest absolute Gasteiger partial charge is 0.493 e. The van der Waals surface area contributed by atoms with Crippen LogP contribution in [0, 0.1) is 17.2 Å². The van der Waals surface area contributed by atoms with E-state index >= 15 is 0 Å².